The summed E-state index contributed by atoms with van der Waals surface area (Å²) in [6, 6.07) is 4.04. The first kappa shape index (κ1) is 13.3. The smallest absolute Gasteiger partial charge is 0.352 e. The average Bonchev–Trinajstić information content (AvgIpc) is 2.74. The predicted octanol–water partition coefficient (Wildman–Crippen LogP) is 3.01. The third kappa shape index (κ3) is 2.14. The van der Waals surface area contributed by atoms with E-state index in [1.807, 2.05) is 30.3 Å². The first-order valence-electron chi connectivity index (χ1n) is 6.33. The van der Waals surface area contributed by atoms with Crippen molar-refractivity contribution in [2.24, 2.45) is 0 Å². The van der Waals surface area contributed by atoms with E-state index < -0.39 is 0 Å². The monoisotopic (exact) mass is 335 g/mol. The van der Waals surface area contributed by atoms with Crippen LogP contribution in [0.15, 0.2) is 38.2 Å². The van der Waals surface area contributed by atoms with Crippen LogP contribution in [-0.2, 0) is 6.54 Å². The van der Waals surface area contributed by atoms with Crippen LogP contribution >= 0.6 is 15.9 Å². The standard InChI is InChI=1S/C14H14BrN3O2/c1-8-11-9(2)18(7-10-4-3-5-16-6-10)17-13(11)20-14(19)12(8)15/h3-6,9,17H,7H2,1-2H3. The van der Waals surface area contributed by atoms with Crippen LogP contribution < -0.4 is 11.1 Å². The molecule has 0 fully saturated rings. The summed E-state index contributed by atoms with van der Waals surface area (Å²) in [5, 5.41) is 2.03. The summed E-state index contributed by atoms with van der Waals surface area (Å²) < 4.78 is 5.79. The van der Waals surface area contributed by atoms with Crippen LogP contribution in [-0.4, -0.2) is 9.99 Å². The second-order valence-electron chi connectivity index (χ2n) is 4.85. The van der Waals surface area contributed by atoms with Crippen LogP contribution in [0, 0.1) is 6.92 Å². The van der Waals surface area contributed by atoms with Gasteiger partial charge in [-0.2, -0.15) is 0 Å². The normalized spacial score (nSPS) is 17.9. The maximum absolute atomic E-state index is 11.7. The molecule has 5 nitrogen and oxygen atoms in total. The van der Waals surface area contributed by atoms with Gasteiger partial charge in [-0.3, -0.25) is 10.4 Å². The van der Waals surface area contributed by atoms with E-state index in [0.717, 1.165) is 16.7 Å². The molecule has 0 aromatic carbocycles. The van der Waals surface area contributed by atoms with E-state index >= 15 is 0 Å². The number of halogens is 1. The minimum absolute atomic E-state index is 0.117. The van der Waals surface area contributed by atoms with Gasteiger partial charge in [0.05, 0.1) is 6.04 Å². The van der Waals surface area contributed by atoms with Gasteiger partial charge in [0.2, 0.25) is 5.88 Å². The number of rotatable bonds is 2. The van der Waals surface area contributed by atoms with E-state index in [0.29, 0.717) is 16.9 Å². The fourth-order valence-electron chi connectivity index (χ4n) is 2.47. The van der Waals surface area contributed by atoms with Gasteiger partial charge in [-0.05, 0) is 47.0 Å². The molecule has 3 rings (SSSR count). The molecule has 1 aliphatic rings. The highest BCUT2D eigenvalue weighted by Crippen LogP contribution is 2.38. The van der Waals surface area contributed by atoms with E-state index in [1.54, 1.807) is 6.20 Å². The Morgan fingerprint density at radius 1 is 1.55 bits per heavy atom. The summed E-state index contributed by atoms with van der Waals surface area (Å²) >= 11 is 3.28. The molecule has 1 aliphatic heterocycles. The summed E-state index contributed by atoms with van der Waals surface area (Å²) in [5.74, 6) is 0.534. The van der Waals surface area contributed by atoms with Gasteiger partial charge in [0.15, 0.2) is 0 Å². The number of hydrazine groups is 1. The molecule has 1 unspecified atom stereocenters. The van der Waals surface area contributed by atoms with Crippen molar-refractivity contribution in [1.82, 2.24) is 9.99 Å². The predicted molar refractivity (Wildman–Crippen MR) is 79.2 cm³/mol. The molecule has 1 atom stereocenters. The zero-order valence-corrected chi connectivity index (χ0v) is 12.8. The van der Waals surface area contributed by atoms with Crippen molar-refractivity contribution in [3.8, 4) is 0 Å². The lowest BCUT2D eigenvalue weighted by Crippen LogP contribution is -2.26. The molecular formula is C14H14BrN3O2. The largest absolute Gasteiger partial charge is 0.404 e. The van der Waals surface area contributed by atoms with Crippen LogP contribution in [0.1, 0.15) is 29.7 Å². The molecule has 0 amide bonds. The van der Waals surface area contributed by atoms with Gasteiger partial charge in [-0.25, -0.2) is 9.80 Å². The van der Waals surface area contributed by atoms with E-state index in [4.69, 9.17) is 4.42 Å². The molecule has 0 aliphatic carbocycles. The minimum Gasteiger partial charge on any atom is -0.404 e. The van der Waals surface area contributed by atoms with Gasteiger partial charge in [-0.1, -0.05) is 6.07 Å². The Labute approximate surface area is 124 Å². The maximum Gasteiger partial charge on any atom is 0.352 e. The summed E-state index contributed by atoms with van der Waals surface area (Å²) in [7, 11) is 0. The minimum atomic E-state index is -0.357. The Morgan fingerprint density at radius 3 is 3.05 bits per heavy atom. The molecule has 104 valence electrons. The second-order valence-corrected chi connectivity index (χ2v) is 5.64. The molecule has 3 heterocycles. The number of pyridine rings is 1. The lowest BCUT2D eigenvalue weighted by molar-refractivity contribution is 0.267. The first-order valence-corrected chi connectivity index (χ1v) is 7.12. The number of nitrogens with one attached hydrogen (secondary N) is 1. The fourth-order valence-corrected chi connectivity index (χ4v) is 2.76. The number of aromatic nitrogens is 1. The fraction of sp³-hybridized carbons (Fsp3) is 0.286. The quantitative estimate of drug-likeness (QED) is 0.914. The topological polar surface area (TPSA) is 58.4 Å². The molecule has 0 radical (unpaired) electrons. The van der Waals surface area contributed by atoms with Gasteiger partial charge < -0.3 is 4.42 Å². The Morgan fingerprint density at radius 2 is 2.35 bits per heavy atom. The molecule has 1 N–H and O–H groups in total. The molecular weight excluding hydrogens is 322 g/mol. The molecule has 0 saturated heterocycles. The number of anilines is 1. The molecule has 2 aromatic heterocycles. The summed E-state index contributed by atoms with van der Waals surface area (Å²) in [5.41, 5.74) is 5.83. The lowest BCUT2D eigenvalue weighted by Gasteiger charge is -2.21. The Balaban J connectivity index is 1.93. The molecule has 20 heavy (non-hydrogen) atoms. The van der Waals surface area contributed by atoms with Gasteiger partial charge in [0.25, 0.3) is 0 Å². The highest BCUT2D eigenvalue weighted by molar-refractivity contribution is 9.10. The number of hydrogen-bond donors (Lipinski definition) is 1. The second kappa shape index (κ2) is 5.03. The van der Waals surface area contributed by atoms with Gasteiger partial charge in [0, 0.05) is 24.5 Å². The van der Waals surface area contributed by atoms with Crippen LogP contribution in [0.2, 0.25) is 0 Å². The summed E-state index contributed by atoms with van der Waals surface area (Å²) in [6.07, 6.45) is 3.58. The van der Waals surface area contributed by atoms with Crippen molar-refractivity contribution in [2.75, 3.05) is 5.43 Å². The molecule has 6 heteroatoms. The maximum atomic E-state index is 11.7. The van der Waals surface area contributed by atoms with E-state index in [2.05, 4.69) is 33.3 Å². The Hall–Kier alpha value is -1.66. The zero-order valence-electron chi connectivity index (χ0n) is 11.2. The Bertz CT molecular complexity index is 700. The van der Waals surface area contributed by atoms with Crippen LogP contribution in [0.4, 0.5) is 5.88 Å². The summed E-state index contributed by atoms with van der Waals surface area (Å²) in [4.78, 5) is 15.8. The third-order valence-electron chi connectivity index (χ3n) is 3.56. The van der Waals surface area contributed by atoms with Crippen LogP contribution in [0.5, 0.6) is 0 Å². The first-order chi connectivity index (χ1) is 9.58. The van der Waals surface area contributed by atoms with Crippen LogP contribution in [0.3, 0.4) is 0 Å². The number of hydrogen-bond acceptors (Lipinski definition) is 5. The lowest BCUT2D eigenvalue weighted by atomic mass is 10.1. The van der Waals surface area contributed by atoms with E-state index in [9.17, 15) is 4.79 Å². The SMILES string of the molecule is Cc1c2c(oc(=O)c1Br)NN(Cc1cccnc1)C2C. The highest BCUT2D eigenvalue weighted by Gasteiger charge is 2.32. The van der Waals surface area contributed by atoms with Crippen molar-refractivity contribution in [1.29, 1.82) is 0 Å². The molecule has 0 spiro atoms. The van der Waals surface area contributed by atoms with Crippen molar-refractivity contribution in [3.63, 3.8) is 0 Å². The van der Waals surface area contributed by atoms with Crippen LogP contribution in [0.25, 0.3) is 0 Å². The average molecular weight is 336 g/mol. The van der Waals surface area contributed by atoms with Crippen molar-refractivity contribution in [3.05, 3.63) is 56.1 Å². The van der Waals surface area contributed by atoms with Crippen molar-refractivity contribution in [2.45, 2.75) is 26.4 Å². The number of fused-ring (bicyclic) bond motifs is 1. The molecule has 0 bridgehead atoms. The van der Waals surface area contributed by atoms with Gasteiger partial charge in [0.1, 0.15) is 4.47 Å². The molecule has 2 aromatic rings. The zero-order chi connectivity index (χ0) is 14.3. The van der Waals surface area contributed by atoms with Crippen molar-refractivity contribution < 1.29 is 4.42 Å². The van der Waals surface area contributed by atoms with Gasteiger partial charge >= 0.3 is 5.63 Å². The van der Waals surface area contributed by atoms with E-state index in [1.165, 1.54) is 0 Å². The van der Waals surface area contributed by atoms with Gasteiger partial charge in [-0.15, -0.1) is 0 Å². The highest BCUT2D eigenvalue weighted by atomic mass is 79.9. The third-order valence-corrected chi connectivity index (χ3v) is 4.48. The Kier molecular flexibility index (Phi) is 3.35. The summed E-state index contributed by atoms with van der Waals surface area (Å²) in [6.45, 7) is 4.69. The van der Waals surface area contributed by atoms with E-state index in [-0.39, 0.29) is 11.7 Å². The van der Waals surface area contributed by atoms with Crippen molar-refractivity contribution >= 4 is 21.8 Å². The number of nitrogens with zero attached hydrogens (tertiary/aromatic N) is 2. The molecule has 0 saturated carbocycles.